The molecule has 1 N–H and O–H groups in total. The summed E-state index contributed by atoms with van der Waals surface area (Å²) in [4.78, 5) is 5.50. The Morgan fingerprint density at radius 3 is 2.82 bits per heavy atom. The van der Waals surface area contributed by atoms with Crippen molar-refractivity contribution in [2.75, 3.05) is 5.32 Å². The number of aromatic nitrogens is 1. The Labute approximate surface area is 110 Å². The third-order valence-electron chi connectivity index (χ3n) is 2.99. The number of nitrogens with one attached hydrogen (secondary N) is 1. The van der Waals surface area contributed by atoms with Crippen LogP contribution in [0.1, 0.15) is 23.8 Å². The van der Waals surface area contributed by atoms with Crippen LogP contribution in [0, 0.1) is 5.92 Å². The van der Waals surface area contributed by atoms with Crippen LogP contribution in [0.25, 0.3) is 0 Å². The molecular weight excluding hydrogens is 252 g/mol. The van der Waals surface area contributed by atoms with E-state index >= 15 is 0 Å². The van der Waals surface area contributed by atoms with Crippen LogP contribution in [0.3, 0.4) is 0 Å². The van der Waals surface area contributed by atoms with Gasteiger partial charge in [0.05, 0.1) is 17.9 Å². The molecule has 0 radical (unpaired) electrons. The van der Waals surface area contributed by atoms with Gasteiger partial charge in [-0.15, -0.1) is 11.3 Å². The first-order chi connectivity index (χ1) is 8.33. The Morgan fingerprint density at radius 2 is 2.24 bits per heavy atom. The fourth-order valence-corrected chi connectivity index (χ4v) is 2.94. The van der Waals surface area contributed by atoms with Crippen molar-refractivity contribution in [1.82, 2.24) is 4.98 Å². The molecule has 2 aromatic heterocycles. The summed E-state index contributed by atoms with van der Waals surface area (Å²) < 4.78 is 0. The van der Waals surface area contributed by atoms with Gasteiger partial charge in [0.1, 0.15) is 5.15 Å². The summed E-state index contributed by atoms with van der Waals surface area (Å²) in [5.41, 5.74) is 1.04. The fourth-order valence-electron chi connectivity index (χ4n) is 1.96. The molecule has 2 aromatic rings. The fraction of sp³-hybridized carbons (Fsp3) is 0.308. The van der Waals surface area contributed by atoms with Gasteiger partial charge in [-0.05, 0) is 42.3 Å². The molecule has 1 saturated carbocycles. The van der Waals surface area contributed by atoms with Crippen LogP contribution in [0.4, 0.5) is 5.69 Å². The van der Waals surface area contributed by atoms with E-state index in [-0.39, 0.29) is 0 Å². The molecule has 0 spiro atoms. The maximum absolute atomic E-state index is 5.79. The van der Waals surface area contributed by atoms with E-state index in [0.29, 0.717) is 11.2 Å². The van der Waals surface area contributed by atoms with Crippen LogP contribution in [0.2, 0.25) is 5.15 Å². The third-order valence-corrected chi connectivity index (χ3v) is 4.17. The zero-order chi connectivity index (χ0) is 11.7. The Bertz CT molecular complexity index is 477. The maximum Gasteiger partial charge on any atom is 0.129 e. The number of pyridine rings is 1. The Kier molecular flexibility index (Phi) is 3.04. The van der Waals surface area contributed by atoms with Crippen molar-refractivity contribution in [3.8, 4) is 0 Å². The minimum atomic E-state index is 0.429. The average molecular weight is 265 g/mol. The molecule has 88 valence electrons. The Balaban J connectivity index is 1.79. The van der Waals surface area contributed by atoms with Gasteiger partial charge in [-0.1, -0.05) is 17.7 Å². The highest BCUT2D eigenvalue weighted by Gasteiger charge is 2.32. The summed E-state index contributed by atoms with van der Waals surface area (Å²) in [5, 5.41) is 6.23. The molecule has 3 rings (SSSR count). The quantitative estimate of drug-likeness (QED) is 0.830. The van der Waals surface area contributed by atoms with Gasteiger partial charge in [-0.3, -0.25) is 0 Å². The Hall–Kier alpha value is -1.06. The number of nitrogens with zero attached hydrogens (tertiary/aromatic N) is 1. The highest BCUT2D eigenvalue weighted by atomic mass is 35.5. The number of hydrogen-bond acceptors (Lipinski definition) is 3. The van der Waals surface area contributed by atoms with Gasteiger partial charge < -0.3 is 5.32 Å². The van der Waals surface area contributed by atoms with E-state index in [0.717, 1.165) is 11.6 Å². The van der Waals surface area contributed by atoms with Crippen molar-refractivity contribution in [2.24, 2.45) is 5.92 Å². The lowest BCUT2D eigenvalue weighted by atomic mass is 10.1. The van der Waals surface area contributed by atoms with Crippen molar-refractivity contribution >= 4 is 28.6 Å². The third kappa shape index (κ3) is 2.61. The van der Waals surface area contributed by atoms with Crippen LogP contribution in [0.5, 0.6) is 0 Å². The van der Waals surface area contributed by atoms with E-state index in [1.54, 1.807) is 6.20 Å². The van der Waals surface area contributed by atoms with E-state index in [9.17, 15) is 0 Å². The molecule has 0 amide bonds. The van der Waals surface area contributed by atoms with Crippen molar-refractivity contribution in [3.63, 3.8) is 0 Å². The van der Waals surface area contributed by atoms with Crippen LogP contribution in [0.15, 0.2) is 35.8 Å². The molecule has 1 aliphatic rings. The van der Waals surface area contributed by atoms with E-state index in [1.165, 1.54) is 17.7 Å². The first-order valence-electron chi connectivity index (χ1n) is 5.74. The second-order valence-electron chi connectivity index (χ2n) is 4.34. The van der Waals surface area contributed by atoms with Crippen LogP contribution < -0.4 is 5.32 Å². The molecule has 0 aliphatic heterocycles. The van der Waals surface area contributed by atoms with E-state index < -0.39 is 0 Å². The summed E-state index contributed by atoms with van der Waals surface area (Å²) in [5.74, 6) is 0.768. The lowest BCUT2D eigenvalue weighted by Crippen LogP contribution is -2.11. The van der Waals surface area contributed by atoms with Gasteiger partial charge in [0, 0.05) is 4.88 Å². The molecule has 17 heavy (non-hydrogen) atoms. The molecule has 1 unspecified atom stereocenters. The molecule has 1 atom stereocenters. The van der Waals surface area contributed by atoms with Gasteiger partial charge in [0.2, 0.25) is 0 Å². The molecule has 2 nitrogen and oxygen atoms in total. The van der Waals surface area contributed by atoms with Crippen LogP contribution in [-0.4, -0.2) is 4.98 Å². The monoisotopic (exact) mass is 264 g/mol. The first kappa shape index (κ1) is 11.1. The molecule has 1 aliphatic carbocycles. The lowest BCUT2D eigenvalue weighted by Gasteiger charge is -2.17. The minimum Gasteiger partial charge on any atom is -0.376 e. The lowest BCUT2D eigenvalue weighted by molar-refractivity contribution is 0.690. The van der Waals surface area contributed by atoms with Gasteiger partial charge >= 0.3 is 0 Å². The number of halogens is 1. The molecule has 4 heteroatoms. The Morgan fingerprint density at radius 1 is 1.35 bits per heavy atom. The second kappa shape index (κ2) is 4.67. The minimum absolute atomic E-state index is 0.429. The summed E-state index contributed by atoms with van der Waals surface area (Å²) in [6, 6.07) is 8.54. The van der Waals surface area contributed by atoms with E-state index in [4.69, 9.17) is 11.6 Å². The van der Waals surface area contributed by atoms with Crippen molar-refractivity contribution < 1.29 is 0 Å². The molecule has 2 heterocycles. The predicted octanol–water partition coefficient (Wildman–Crippen LogP) is 4.36. The smallest absolute Gasteiger partial charge is 0.129 e. The average Bonchev–Trinajstić information content (AvgIpc) is 3.03. The van der Waals surface area contributed by atoms with Crippen LogP contribution in [-0.2, 0) is 0 Å². The molecule has 0 bridgehead atoms. The normalized spacial score (nSPS) is 16.8. The van der Waals surface area contributed by atoms with E-state index in [1.807, 2.05) is 23.5 Å². The molecule has 1 fully saturated rings. The zero-order valence-electron chi connectivity index (χ0n) is 9.27. The van der Waals surface area contributed by atoms with E-state index in [2.05, 4.69) is 27.8 Å². The predicted molar refractivity (Wildman–Crippen MR) is 72.7 cm³/mol. The van der Waals surface area contributed by atoms with Crippen LogP contribution >= 0.6 is 22.9 Å². The number of rotatable bonds is 4. The van der Waals surface area contributed by atoms with Gasteiger partial charge in [-0.25, -0.2) is 4.98 Å². The zero-order valence-corrected chi connectivity index (χ0v) is 10.8. The van der Waals surface area contributed by atoms with Gasteiger partial charge in [0.25, 0.3) is 0 Å². The highest BCUT2D eigenvalue weighted by Crippen LogP contribution is 2.44. The first-order valence-corrected chi connectivity index (χ1v) is 7.00. The van der Waals surface area contributed by atoms with Crippen molar-refractivity contribution in [1.29, 1.82) is 0 Å². The summed E-state index contributed by atoms with van der Waals surface area (Å²) in [6.07, 6.45) is 4.43. The second-order valence-corrected chi connectivity index (χ2v) is 5.71. The van der Waals surface area contributed by atoms with Crippen molar-refractivity contribution in [3.05, 3.63) is 45.9 Å². The van der Waals surface area contributed by atoms with Gasteiger partial charge in [-0.2, -0.15) is 0 Å². The SMILES string of the molecule is Clc1ccc(NC(c2cccs2)C2CC2)cn1. The molecular formula is C13H13ClN2S. The number of hydrogen-bond donors (Lipinski definition) is 1. The maximum atomic E-state index is 5.79. The van der Waals surface area contributed by atoms with Gasteiger partial charge in [0.15, 0.2) is 0 Å². The topological polar surface area (TPSA) is 24.9 Å². The summed E-state index contributed by atoms with van der Waals surface area (Å²) in [7, 11) is 0. The summed E-state index contributed by atoms with van der Waals surface area (Å²) in [6.45, 7) is 0. The standard InChI is InChI=1S/C13H13ClN2S/c14-12-6-5-10(8-15-12)16-13(9-3-4-9)11-2-1-7-17-11/h1-2,5-9,13,16H,3-4H2. The number of thiophene rings is 1. The summed E-state index contributed by atoms with van der Waals surface area (Å²) >= 11 is 7.60. The number of anilines is 1. The molecule has 0 aromatic carbocycles. The van der Waals surface area contributed by atoms with Crippen molar-refractivity contribution in [2.45, 2.75) is 18.9 Å². The largest absolute Gasteiger partial charge is 0.376 e. The molecule has 0 saturated heterocycles. The highest BCUT2D eigenvalue weighted by molar-refractivity contribution is 7.10.